The van der Waals surface area contributed by atoms with Crippen molar-refractivity contribution >= 4 is 35.0 Å². The molecular weight excluding hydrogens is 530 g/mol. The van der Waals surface area contributed by atoms with Gasteiger partial charge in [-0.15, -0.1) is 0 Å². The third-order valence-corrected chi connectivity index (χ3v) is 8.14. The van der Waals surface area contributed by atoms with Gasteiger partial charge in [-0.05, 0) is 79.2 Å². The third-order valence-electron chi connectivity index (χ3n) is 8.14. The van der Waals surface area contributed by atoms with Crippen LogP contribution in [-0.4, -0.2) is 48.4 Å². The minimum Gasteiger partial charge on any atom is -0.504 e. The van der Waals surface area contributed by atoms with Crippen LogP contribution in [0.2, 0.25) is 0 Å². The highest BCUT2D eigenvalue weighted by atomic mass is 16.6. The van der Waals surface area contributed by atoms with Gasteiger partial charge in [0.1, 0.15) is 6.10 Å². The minimum absolute atomic E-state index is 0.0634. The lowest BCUT2D eigenvalue weighted by atomic mass is 9.86. The molecule has 4 aromatic rings. The molecule has 1 atom stereocenters. The SMILES string of the molecule is CO/C=C/c1ccc2c(c1)oc(=O)n2CC/C=C/c1ccc(-c2ccccc2)c(NC(=O)O[C@H]2CN3CCC2CC3)c1. The van der Waals surface area contributed by atoms with Gasteiger partial charge < -0.3 is 13.9 Å². The van der Waals surface area contributed by atoms with Gasteiger partial charge in [-0.25, -0.2) is 9.59 Å². The molecule has 216 valence electrons. The number of ether oxygens (including phenoxy) is 2. The zero-order valence-corrected chi connectivity index (χ0v) is 23.7. The van der Waals surface area contributed by atoms with E-state index in [-0.39, 0.29) is 11.9 Å². The zero-order valence-electron chi connectivity index (χ0n) is 23.7. The van der Waals surface area contributed by atoms with E-state index in [1.807, 2.05) is 85.0 Å². The van der Waals surface area contributed by atoms with E-state index in [9.17, 15) is 9.59 Å². The molecule has 3 aliphatic heterocycles. The number of hydrogen-bond donors (Lipinski definition) is 1. The number of nitrogens with one attached hydrogen (secondary N) is 1. The summed E-state index contributed by atoms with van der Waals surface area (Å²) in [5.74, 6) is 0.0597. The first-order valence-electron chi connectivity index (χ1n) is 14.5. The molecule has 1 amide bonds. The molecular formula is C34H35N3O5. The van der Waals surface area contributed by atoms with Crippen LogP contribution in [0.25, 0.3) is 34.4 Å². The van der Waals surface area contributed by atoms with Crippen LogP contribution in [0.5, 0.6) is 0 Å². The van der Waals surface area contributed by atoms with Gasteiger partial charge in [0.25, 0.3) is 0 Å². The number of benzene rings is 3. The molecule has 0 aliphatic carbocycles. The number of piperidine rings is 3. The van der Waals surface area contributed by atoms with Crippen LogP contribution >= 0.6 is 0 Å². The van der Waals surface area contributed by atoms with Crippen LogP contribution in [0.4, 0.5) is 10.5 Å². The quantitative estimate of drug-likeness (QED) is 0.230. The highest BCUT2D eigenvalue weighted by molar-refractivity contribution is 5.92. The van der Waals surface area contributed by atoms with Crippen LogP contribution in [0.3, 0.4) is 0 Å². The summed E-state index contributed by atoms with van der Waals surface area (Å²) >= 11 is 0. The van der Waals surface area contributed by atoms with E-state index < -0.39 is 6.09 Å². The maximum absolute atomic E-state index is 13.0. The van der Waals surface area contributed by atoms with E-state index in [0.29, 0.717) is 30.2 Å². The molecule has 4 heterocycles. The Morgan fingerprint density at radius 2 is 1.81 bits per heavy atom. The van der Waals surface area contributed by atoms with Crippen molar-refractivity contribution in [1.82, 2.24) is 9.47 Å². The Morgan fingerprint density at radius 1 is 1.02 bits per heavy atom. The summed E-state index contributed by atoms with van der Waals surface area (Å²) in [6.07, 6.45) is 9.73. The lowest BCUT2D eigenvalue weighted by Gasteiger charge is -2.43. The van der Waals surface area contributed by atoms with Gasteiger partial charge >= 0.3 is 11.8 Å². The number of aromatic nitrogens is 1. The van der Waals surface area contributed by atoms with Gasteiger partial charge in [0.2, 0.25) is 0 Å². The highest BCUT2D eigenvalue weighted by Crippen LogP contribution is 2.32. The Balaban J connectivity index is 1.16. The van der Waals surface area contributed by atoms with E-state index in [2.05, 4.69) is 10.2 Å². The van der Waals surface area contributed by atoms with Crippen LogP contribution < -0.4 is 11.1 Å². The molecule has 0 spiro atoms. The molecule has 1 aromatic heterocycles. The zero-order chi connectivity index (χ0) is 28.9. The molecule has 1 N–H and O–H groups in total. The lowest BCUT2D eigenvalue weighted by molar-refractivity contribution is -0.0289. The molecule has 42 heavy (non-hydrogen) atoms. The molecule has 0 unspecified atom stereocenters. The van der Waals surface area contributed by atoms with Crippen molar-refractivity contribution in [2.24, 2.45) is 5.92 Å². The van der Waals surface area contributed by atoms with Gasteiger partial charge in [-0.3, -0.25) is 14.8 Å². The molecule has 3 aliphatic rings. The molecule has 8 heteroatoms. The van der Waals surface area contributed by atoms with Crippen molar-refractivity contribution in [2.75, 3.05) is 32.1 Å². The van der Waals surface area contributed by atoms with Crippen molar-refractivity contribution < 1.29 is 18.7 Å². The number of allylic oxidation sites excluding steroid dienone is 1. The molecule has 7 rings (SSSR count). The number of aryl methyl sites for hydroxylation is 1. The summed E-state index contributed by atoms with van der Waals surface area (Å²) in [4.78, 5) is 27.9. The second kappa shape index (κ2) is 12.5. The number of methoxy groups -OCH3 is 1. The topological polar surface area (TPSA) is 85.9 Å². The van der Waals surface area contributed by atoms with E-state index in [4.69, 9.17) is 13.9 Å². The van der Waals surface area contributed by atoms with Crippen LogP contribution in [-0.2, 0) is 16.0 Å². The number of nitrogens with zero attached hydrogens (tertiary/aromatic N) is 2. The Hall–Kier alpha value is -4.56. The Labute approximate surface area is 244 Å². The molecule has 8 nitrogen and oxygen atoms in total. The normalized spacial score (nSPS) is 20.0. The average molecular weight is 566 g/mol. The van der Waals surface area contributed by atoms with Crippen molar-refractivity contribution in [3.05, 3.63) is 101 Å². The lowest BCUT2D eigenvalue weighted by Crippen LogP contribution is -2.52. The number of rotatable bonds is 9. The van der Waals surface area contributed by atoms with Gasteiger partial charge in [-0.2, -0.15) is 0 Å². The van der Waals surface area contributed by atoms with E-state index in [0.717, 1.165) is 60.2 Å². The average Bonchev–Trinajstić information content (AvgIpc) is 3.33. The first kappa shape index (κ1) is 27.6. The maximum Gasteiger partial charge on any atom is 0.419 e. The molecule has 0 saturated carbocycles. The van der Waals surface area contributed by atoms with E-state index in [1.165, 1.54) is 0 Å². The van der Waals surface area contributed by atoms with Crippen molar-refractivity contribution in [1.29, 1.82) is 0 Å². The fraction of sp³-hybridized carbons (Fsp3) is 0.294. The number of oxazole rings is 1. The first-order valence-corrected chi connectivity index (χ1v) is 14.5. The summed E-state index contributed by atoms with van der Waals surface area (Å²) in [6, 6.07) is 21.6. The summed E-state index contributed by atoms with van der Waals surface area (Å²) in [5, 5.41) is 3.03. The minimum atomic E-state index is -0.417. The first-order chi connectivity index (χ1) is 20.6. The van der Waals surface area contributed by atoms with Gasteiger partial charge in [0, 0.05) is 18.7 Å². The van der Waals surface area contributed by atoms with Crippen molar-refractivity contribution in [3.63, 3.8) is 0 Å². The second-order valence-corrected chi connectivity index (χ2v) is 10.9. The van der Waals surface area contributed by atoms with Crippen molar-refractivity contribution in [2.45, 2.75) is 31.9 Å². The number of fused-ring (bicyclic) bond motifs is 4. The Kier molecular flexibility index (Phi) is 8.23. The van der Waals surface area contributed by atoms with Gasteiger partial charge in [-0.1, -0.05) is 60.7 Å². The Morgan fingerprint density at radius 3 is 2.57 bits per heavy atom. The molecule has 3 aromatic carbocycles. The van der Waals surface area contributed by atoms with Crippen LogP contribution in [0.1, 0.15) is 30.4 Å². The highest BCUT2D eigenvalue weighted by Gasteiger charge is 2.36. The monoisotopic (exact) mass is 565 g/mol. The number of anilines is 1. The summed E-state index contributed by atoms with van der Waals surface area (Å²) in [5.41, 5.74) is 5.76. The maximum atomic E-state index is 13.0. The number of carbonyl (C=O) groups is 1. The predicted octanol–water partition coefficient (Wildman–Crippen LogP) is 6.62. The van der Waals surface area contributed by atoms with Crippen LogP contribution in [0.15, 0.2) is 88.3 Å². The molecule has 0 radical (unpaired) electrons. The predicted molar refractivity (Wildman–Crippen MR) is 165 cm³/mol. The Bertz CT molecular complexity index is 1660. The number of amides is 1. The summed E-state index contributed by atoms with van der Waals surface area (Å²) in [7, 11) is 1.58. The number of carbonyl (C=O) groups excluding carboxylic acids is 1. The molecule has 3 fully saturated rings. The fourth-order valence-electron chi connectivity index (χ4n) is 5.93. The van der Waals surface area contributed by atoms with Crippen molar-refractivity contribution in [3.8, 4) is 11.1 Å². The third kappa shape index (κ3) is 6.19. The summed E-state index contributed by atoms with van der Waals surface area (Å²) < 4.78 is 18.0. The largest absolute Gasteiger partial charge is 0.504 e. The summed E-state index contributed by atoms with van der Waals surface area (Å²) in [6.45, 7) is 3.48. The fourth-order valence-corrected chi connectivity index (χ4v) is 5.93. The van der Waals surface area contributed by atoms with Gasteiger partial charge in [0.05, 0.1) is 24.6 Å². The van der Waals surface area contributed by atoms with Crippen LogP contribution in [0, 0.1) is 5.92 Å². The number of hydrogen-bond acceptors (Lipinski definition) is 6. The van der Waals surface area contributed by atoms with E-state index in [1.54, 1.807) is 17.9 Å². The molecule has 3 saturated heterocycles. The van der Waals surface area contributed by atoms with Gasteiger partial charge in [0.15, 0.2) is 5.58 Å². The second-order valence-electron chi connectivity index (χ2n) is 10.9. The standard InChI is InChI=1S/C34H35N3O5/c1-40-20-16-25-11-13-30-31(22-25)42-34(39)37(30)17-6-5-7-24-10-12-28(26-8-3-2-4-9-26)29(21-24)35-33(38)41-32-23-36-18-14-27(32)15-19-36/h2-5,7-13,16,20-22,27,32H,6,14-15,17-19,23H2,1H3,(H,35,38)/b7-5+,20-16+/t32-/m0/s1. The smallest absolute Gasteiger partial charge is 0.419 e. The molecule has 2 bridgehead atoms. The van der Waals surface area contributed by atoms with E-state index >= 15 is 0 Å².